The highest BCUT2D eigenvalue weighted by Crippen LogP contribution is 2.22. The number of aromatic amines is 1. The zero-order chi connectivity index (χ0) is 13.0. The predicted octanol–water partition coefficient (Wildman–Crippen LogP) is 2.12. The smallest absolute Gasteiger partial charge is 0.347 e. The Balaban J connectivity index is 1.96. The van der Waals surface area contributed by atoms with E-state index < -0.39 is 5.69 Å². The fourth-order valence-electron chi connectivity index (χ4n) is 1.41. The van der Waals surface area contributed by atoms with E-state index in [2.05, 4.69) is 31.2 Å². The van der Waals surface area contributed by atoms with Gasteiger partial charge in [0.1, 0.15) is 17.6 Å². The number of thiophene rings is 1. The maximum Gasteiger partial charge on any atom is 0.347 e. The van der Waals surface area contributed by atoms with Crippen molar-refractivity contribution in [2.75, 3.05) is 11.9 Å². The summed E-state index contributed by atoms with van der Waals surface area (Å²) in [6, 6.07) is 7.44. The molecule has 0 aromatic carbocycles. The predicted molar refractivity (Wildman–Crippen MR) is 73.8 cm³/mol. The SMILES string of the molecule is N#Cc1cc(NCCc2ccc(Br)s2)nc(=O)[nH]1. The van der Waals surface area contributed by atoms with Gasteiger partial charge in [-0.1, -0.05) is 0 Å². The number of nitrogens with one attached hydrogen (secondary N) is 2. The normalized spacial score (nSPS) is 10.0. The molecule has 0 radical (unpaired) electrons. The highest BCUT2D eigenvalue weighted by Gasteiger charge is 2.01. The molecule has 0 bridgehead atoms. The second kappa shape index (κ2) is 5.80. The molecular weight excluding hydrogens is 316 g/mol. The van der Waals surface area contributed by atoms with Crippen molar-refractivity contribution in [1.82, 2.24) is 9.97 Å². The molecule has 92 valence electrons. The third-order valence-corrected chi connectivity index (χ3v) is 3.85. The number of nitriles is 1. The molecule has 0 amide bonds. The lowest BCUT2D eigenvalue weighted by Crippen LogP contribution is -2.16. The van der Waals surface area contributed by atoms with Crippen molar-refractivity contribution in [3.8, 4) is 6.07 Å². The molecular formula is C11H9BrN4OS. The standard InChI is InChI=1S/C11H9BrN4OS/c12-9-2-1-8(18-9)3-4-14-10-5-7(6-13)15-11(17)16-10/h1-2,5H,3-4H2,(H2,14,15,16,17). The van der Waals surface area contributed by atoms with E-state index in [1.807, 2.05) is 18.2 Å². The largest absolute Gasteiger partial charge is 0.369 e. The van der Waals surface area contributed by atoms with Gasteiger partial charge in [-0.15, -0.1) is 11.3 Å². The van der Waals surface area contributed by atoms with Gasteiger partial charge in [0.2, 0.25) is 0 Å². The first kappa shape index (κ1) is 12.8. The number of halogens is 1. The number of anilines is 1. The molecule has 18 heavy (non-hydrogen) atoms. The van der Waals surface area contributed by atoms with Gasteiger partial charge >= 0.3 is 5.69 Å². The molecule has 0 aliphatic carbocycles. The fourth-order valence-corrected chi connectivity index (χ4v) is 2.89. The van der Waals surface area contributed by atoms with Crippen molar-refractivity contribution >= 4 is 33.1 Å². The zero-order valence-electron chi connectivity index (χ0n) is 9.24. The Morgan fingerprint density at radius 1 is 1.56 bits per heavy atom. The molecule has 2 aromatic heterocycles. The Bertz CT molecular complexity index is 643. The molecule has 2 aromatic rings. The van der Waals surface area contributed by atoms with E-state index in [4.69, 9.17) is 5.26 Å². The van der Waals surface area contributed by atoms with E-state index in [-0.39, 0.29) is 5.69 Å². The second-order valence-electron chi connectivity index (χ2n) is 3.48. The van der Waals surface area contributed by atoms with E-state index in [0.717, 1.165) is 10.2 Å². The molecule has 0 unspecified atom stereocenters. The molecule has 0 saturated carbocycles. The van der Waals surface area contributed by atoms with E-state index in [9.17, 15) is 4.79 Å². The number of aromatic nitrogens is 2. The summed E-state index contributed by atoms with van der Waals surface area (Å²) in [5.74, 6) is 0.422. The Hall–Kier alpha value is -1.65. The molecule has 0 aliphatic heterocycles. The van der Waals surface area contributed by atoms with E-state index in [1.54, 1.807) is 11.3 Å². The first-order valence-corrected chi connectivity index (χ1v) is 6.78. The highest BCUT2D eigenvalue weighted by atomic mass is 79.9. The van der Waals surface area contributed by atoms with Crippen LogP contribution in [0.2, 0.25) is 0 Å². The van der Waals surface area contributed by atoms with Crippen LogP contribution in [0, 0.1) is 11.3 Å². The monoisotopic (exact) mass is 324 g/mol. The number of rotatable bonds is 4. The lowest BCUT2D eigenvalue weighted by molar-refractivity contribution is 0.993. The van der Waals surface area contributed by atoms with Gasteiger partial charge in [0, 0.05) is 17.5 Å². The summed E-state index contributed by atoms with van der Waals surface area (Å²) in [5.41, 5.74) is -0.313. The molecule has 2 rings (SSSR count). The summed E-state index contributed by atoms with van der Waals surface area (Å²) in [6.07, 6.45) is 0.840. The number of hydrogen-bond acceptors (Lipinski definition) is 5. The van der Waals surface area contributed by atoms with Crippen LogP contribution in [-0.2, 0) is 6.42 Å². The van der Waals surface area contributed by atoms with Crippen molar-refractivity contribution in [2.24, 2.45) is 0 Å². The quantitative estimate of drug-likeness (QED) is 0.902. The summed E-state index contributed by atoms with van der Waals surface area (Å²) >= 11 is 5.07. The molecule has 0 fully saturated rings. The van der Waals surface area contributed by atoms with Crippen LogP contribution in [0.1, 0.15) is 10.6 Å². The Kier molecular flexibility index (Phi) is 4.12. The molecule has 0 spiro atoms. The minimum absolute atomic E-state index is 0.205. The van der Waals surface area contributed by atoms with E-state index >= 15 is 0 Å². The topological polar surface area (TPSA) is 81.6 Å². The lowest BCUT2D eigenvalue weighted by atomic mass is 10.3. The maximum atomic E-state index is 11.1. The first-order valence-electron chi connectivity index (χ1n) is 5.17. The van der Waals surface area contributed by atoms with Gasteiger partial charge in [0.25, 0.3) is 0 Å². The average molecular weight is 325 g/mol. The molecule has 0 aliphatic rings. The Morgan fingerprint density at radius 2 is 2.39 bits per heavy atom. The minimum atomic E-state index is -0.518. The van der Waals surface area contributed by atoms with Gasteiger partial charge in [0.05, 0.1) is 3.79 Å². The van der Waals surface area contributed by atoms with Crippen LogP contribution < -0.4 is 11.0 Å². The molecule has 7 heteroatoms. The van der Waals surface area contributed by atoms with Crippen LogP contribution >= 0.6 is 27.3 Å². The van der Waals surface area contributed by atoms with Crippen LogP contribution in [0.3, 0.4) is 0 Å². The summed E-state index contributed by atoms with van der Waals surface area (Å²) in [7, 11) is 0. The third kappa shape index (κ3) is 3.42. The molecule has 5 nitrogen and oxygen atoms in total. The number of hydrogen-bond donors (Lipinski definition) is 2. The minimum Gasteiger partial charge on any atom is -0.369 e. The van der Waals surface area contributed by atoms with Gasteiger partial charge in [-0.05, 0) is 34.5 Å². The van der Waals surface area contributed by atoms with Crippen LogP contribution in [0.15, 0.2) is 26.8 Å². The van der Waals surface area contributed by atoms with Gasteiger partial charge in [0.15, 0.2) is 0 Å². The summed E-state index contributed by atoms with van der Waals surface area (Å²) in [5, 5.41) is 11.7. The van der Waals surface area contributed by atoms with Crippen LogP contribution in [0.4, 0.5) is 5.82 Å². The molecule has 0 saturated heterocycles. The average Bonchev–Trinajstić information content (AvgIpc) is 2.74. The number of H-pyrrole nitrogens is 1. The summed E-state index contributed by atoms with van der Waals surface area (Å²) in [4.78, 5) is 18.5. The summed E-state index contributed by atoms with van der Waals surface area (Å²) in [6.45, 7) is 0.661. The molecule has 0 atom stereocenters. The summed E-state index contributed by atoms with van der Waals surface area (Å²) < 4.78 is 1.10. The third-order valence-electron chi connectivity index (χ3n) is 2.17. The van der Waals surface area contributed by atoms with Crippen molar-refractivity contribution in [3.63, 3.8) is 0 Å². The van der Waals surface area contributed by atoms with Gasteiger partial charge in [-0.3, -0.25) is 4.98 Å². The van der Waals surface area contributed by atoms with Crippen LogP contribution in [-0.4, -0.2) is 16.5 Å². The highest BCUT2D eigenvalue weighted by molar-refractivity contribution is 9.11. The lowest BCUT2D eigenvalue weighted by Gasteiger charge is -2.03. The maximum absolute atomic E-state index is 11.1. The van der Waals surface area contributed by atoms with Crippen molar-refractivity contribution in [2.45, 2.75) is 6.42 Å². The number of nitrogens with zero attached hydrogens (tertiary/aromatic N) is 2. The van der Waals surface area contributed by atoms with Crippen molar-refractivity contribution < 1.29 is 0 Å². The van der Waals surface area contributed by atoms with Crippen LogP contribution in [0.5, 0.6) is 0 Å². The van der Waals surface area contributed by atoms with E-state index in [0.29, 0.717) is 12.4 Å². The van der Waals surface area contributed by atoms with Gasteiger partial charge in [-0.2, -0.15) is 10.2 Å². The zero-order valence-corrected chi connectivity index (χ0v) is 11.6. The van der Waals surface area contributed by atoms with Crippen molar-refractivity contribution in [1.29, 1.82) is 5.26 Å². The van der Waals surface area contributed by atoms with Crippen LogP contribution in [0.25, 0.3) is 0 Å². The van der Waals surface area contributed by atoms with Gasteiger partial charge < -0.3 is 5.32 Å². The van der Waals surface area contributed by atoms with Gasteiger partial charge in [-0.25, -0.2) is 4.79 Å². The van der Waals surface area contributed by atoms with Crippen molar-refractivity contribution in [3.05, 3.63) is 43.0 Å². The second-order valence-corrected chi connectivity index (χ2v) is 6.03. The van der Waals surface area contributed by atoms with E-state index in [1.165, 1.54) is 10.9 Å². The molecule has 2 N–H and O–H groups in total. The fraction of sp³-hybridized carbons (Fsp3) is 0.182. The Morgan fingerprint density at radius 3 is 3.06 bits per heavy atom. The Labute approximate surface area is 116 Å². The molecule has 2 heterocycles. The first-order chi connectivity index (χ1) is 8.67.